The van der Waals surface area contributed by atoms with Crippen molar-refractivity contribution >= 4 is 23.5 Å². The molecule has 0 aliphatic carbocycles. The van der Waals surface area contributed by atoms with Gasteiger partial charge in [-0.05, 0) is 27.0 Å². The largest absolute Gasteiger partial charge is 0.369 e. The van der Waals surface area contributed by atoms with Gasteiger partial charge in [-0.2, -0.15) is 11.8 Å². The highest BCUT2D eigenvalue weighted by atomic mass is 32.2. The molecule has 6 heteroatoms. The topological polar surface area (TPSA) is 66.9 Å². The molecule has 0 atom stereocenters. The summed E-state index contributed by atoms with van der Waals surface area (Å²) in [6, 6.07) is 0. The fourth-order valence-corrected chi connectivity index (χ4v) is 1.41. The molecule has 1 heterocycles. The molecule has 1 rings (SSSR count). The van der Waals surface area contributed by atoms with Gasteiger partial charge in [0.15, 0.2) is 0 Å². The van der Waals surface area contributed by atoms with E-state index < -0.39 is 0 Å². The van der Waals surface area contributed by atoms with Gasteiger partial charge in [0.2, 0.25) is 0 Å². The van der Waals surface area contributed by atoms with Gasteiger partial charge in [0.05, 0.1) is 12.4 Å². The van der Waals surface area contributed by atoms with Gasteiger partial charge < -0.3 is 10.6 Å². The maximum atomic E-state index is 11.9. The van der Waals surface area contributed by atoms with Crippen LogP contribution in [0.15, 0.2) is 12.4 Å². The van der Waals surface area contributed by atoms with Gasteiger partial charge in [-0.25, -0.2) is 4.98 Å². The van der Waals surface area contributed by atoms with E-state index in [4.69, 9.17) is 0 Å². The Morgan fingerprint density at radius 3 is 2.78 bits per heavy atom. The molecule has 1 aromatic heterocycles. The van der Waals surface area contributed by atoms with E-state index in [0.717, 1.165) is 6.54 Å². The molecule has 0 fully saturated rings. The van der Waals surface area contributed by atoms with Crippen LogP contribution >= 0.6 is 11.8 Å². The van der Waals surface area contributed by atoms with Gasteiger partial charge in [-0.15, -0.1) is 0 Å². The van der Waals surface area contributed by atoms with Gasteiger partial charge in [0.25, 0.3) is 5.91 Å². The number of hydrogen-bond acceptors (Lipinski definition) is 5. The highest BCUT2D eigenvalue weighted by Gasteiger charge is 2.18. The summed E-state index contributed by atoms with van der Waals surface area (Å²) in [5, 5.41) is 5.90. The highest BCUT2D eigenvalue weighted by molar-refractivity contribution is 7.99. The first-order chi connectivity index (χ1) is 8.48. The van der Waals surface area contributed by atoms with Crippen molar-refractivity contribution in [3.8, 4) is 0 Å². The Morgan fingerprint density at radius 2 is 2.17 bits per heavy atom. The Morgan fingerprint density at radius 1 is 1.44 bits per heavy atom. The molecule has 0 radical (unpaired) electrons. The summed E-state index contributed by atoms with van der Waals surface area (Å²) >= 11 is 1.71. The van der Waals surface area contributed by atoms with Crippen molar-refractivity contribution < 1.29 is 4.79 Å². The van der Waals surface area contributed by atoms with E-state index in [1.54, 1.807) is 18.0 Å². The van der Waals surface area contributed by atoms with Crippen LogP contribution in [0.5, 0.6) is 0 Å². The number of nitrogens with zero attached hydrogens (tertiary/aromatic N) is 2. The van der Waals surface area contributed by atoms with Crippen molar-refractivity contribution in [2.45, 2.75) is 25.5 Å². The number of rotatable bonds is 6. The quantitative estimate of drug-likeness (QED) is 0.823. The van der Waals surface area contributed by atoms with E-state index in [-0.39, 0.29) is 10.7 Å². The van der Waals surface area contributed by atoms with Gasteiger partial charge in [-0.3, -0.25) is 9.78 Å². The molecular weight excluding hydrogens is 248 g/mol. The lowest BCUT2D eigenvalue weighted by Crippen LogP contribution is -2.36. The molecule has 5 nitrogen and oxygen atoms in total. The maximum absolute atomic E-state index is 11.9. The molecule has 18 heavy (non-hydrogen) atoms. The number of aromatic nitrogens is 2. The van der Waals surface area contributed by atoms with Gasteiger partial charge >= 0.3 is 0 Å². The fourth-order valence-electron chi connectivity index (χ4n) is 1.20. The van der Waals surface area contributed by atoms with Gasteiger partial charge in [0.1, 0.15) is 11.5 Å². The molecule has 100 valence electrons. The predicted octanol–water partition coefficient (Wildman–Crippen LogP) is 1.78. The average molecular weight is 268 g/mol. The van der Waals surface area contributed by atoms with Crippen molar-refractivity contribution in [1.82, 2.24) is 15.3 Å². The number of nitrogens with one attached hydrogen (secondary N) is 2. The number of anilines is 1. The molecule has 1 aromatic rings. The van der Waals surface area contributed by atoms with Crippen LogP contribution in [0.1, 0.15) is 31.3 Å². The van der Waals surface area contributed by atoms with Crippen molar-refractivity contribution in [2.75, 3.05) is 24.7 Å². The zero-order valence-electron chi connectivity index (χ0n) is 11.3. The first-order valence-corrected chi connectivity index (χ1v) is 7.10. The van der Waals surface area contributed by atoms with E-state index in [1.807, 2.05) is 13.2 Å². The van der Waals surface area contributed by atoms with E-state index in [2.05, 4.69) is 34.4 Å². The van der Waals surface area contributed by atoms with Crippen LogP contribution in [0.2, 0.25) is 0 Å². The minimum absolute atomic E-state index is 0.0162. The molecular formula is C12H20N4OS. The maximum Gasteiger partial charge on any atom is 0.271 e. The fraction of sp³-hybridized carbons (Fsp3) is 0.583. The second-order valence-electron chi connectivity index (χ2n) is 4.47. The summed E-state index contributed by atoms with van der Waals surface area (Å²) in [6.07, 6.45) is 5.10. The van der Waals surface area contributed by atoms with Crippen LogP contribution in [0, 0.1) is 0 Å². The molecule has 0 aromatic carbocycles. The molecule has 0 saturated carbocycles. The number of amides is 1. The third kappa shape index (κ3) is 4.52. The van der Waals surface area contributed by atoms with E-state index in [0.29, 0.717) is 18.1 Å². The third-order valence-corrected chi connectivity index (χ3v) is 3.70. The number of carbonyl (C=O) groups is 1. The highest BCUT2D eigenvalue weighted by Crippen LogP contribution is 2.19. The van der Waals surface area contributed by atoms with Crippen molar-refractivity contribution in [1.29, 1.82) is 0 Å². The molecule has 0 aliphatic heterocycles. The first-order valence-electron chi connectivity index (χ1n) is 5.88. The molecule has 0 spiro atoms. The molecule has 0 aliphatic rings. The molecule has 0 saturated heterocycles. The van der Waals surface area contributed by atoms with Crippen molar-refractivity contribution in [3.05, 3.63) is 18.1 Å². The summed E-state index contributed by atoms with van der Waals surface area (Å²) in [5.74, 6) is 0.429. The zero-order chi connectivity index (χ0) is 13.6. The van der Waals surface area contributed by atoms with Crippen LogP contribution in [0.4, 0.5) is 5.82 Å². The Balaban J connectivity index is 2.64. The van der Waals surface area contributed by atoms with Crippen molar-refractivity contribution in [2.24, 2.45) is 0 Å². The normalized spacial score (nSPS) is 11.1. The second-order valence-corrected chi connectivity index (χ2v) is 5.98. The van der Waals surface area contributed by atoms with E-state index >= 15 is 0 Å². The monoisotopic (exact) mass is 268 g/mol. The van der Waals surface area contributed by atoms with E-state index in [9.17, 15) is 4.79 Å². The lowest BCUT2D eigenvalue weighted by atomic mass is 10.2. The average Bonchev–Trinajstić information content (AvgIpc) is 2.37. The Kier molecular flexibility index (Phi) is 5.40. The summed E-state index contributed by atoms with van der Waals surface area (Å²) < 4.78 is 0.0162. The predicted molar refractivity (Wildman–Crippen MR) is 76.1 cm³/mol. The third-order valence-electron chi connectivity index (χ3n) is 2.45. The molecule has 1 amide bonds. The standard InChI is InChI=1S/C12H20N4OS/c1-5-14-10-7-13-6-9(16-10)11(17)15-8-12(2,3)18-4/h6-7H,5,8H2,1-4H3,(H,14,16)(H,15,17). The Bertz CT molecular complexity index is 409. The number of carbonyl (C=O) groups excluding carboxylic acids is 1. The lowest BCUT2D eigenvalue weighted by molar-refractivity contribution is 0.0945. The first kappa shape index (κ1) is 14.8. The minimum Gasteiger partial charge on any atom is -0.369 e. The number of thioether (sulfide) groups is 1. The van der Waals surface area contributed by atoms with Crippen LogP contribution < -0.4 is 10.6 Å². The molecule has 0 bridgehead atoms. The second kappa shape index (κ2) is 6.58. The summed E-state index contributed by atoms with van der Waals surface area (Å²) in [6.45, 7) is 7.48. The summed E-state index contributed by atoms with van der Waals surface area (Å²) in [4.78, 5) is 20.1. The Labute approximate surface area is 112 Å². The van der Waals surface area contributed by atoms with Gasteiger partial charge in [-0.1, -0.05) is 0 Å². The smallest absolute Gasteiger partial charge is 0.271 e. The summed E-state index contributed by atoms with van der Waals surface area (Å²) in [7, 11) is 0. The Hall–Kier alpha value is -1.30. The van der Waals surface area contributed by atoms with Crippen LogP contribution in [-0.4, -0.2) is 40.0 Å². The van der Waals surface area contributed by atoms with E-state index in [1.165, 1.54) is 6.20 Å². The molecule has 0 unspecified atom stereocenters. The minimum atomic E-state index is -0.190. The van der Waals surface area contributed by atoms with Crippen LogP contribution in [0.3, 0.4) is 0 Å². The lowest BCUT2D eigenvalue weighted by Gasteiger charge is -2.22. The van der Waals surface area contributed by atoms with Crippen LogP contribution in [-0.2, 0) is 0 Å². The summed E-state index contributed by atoms with van der Waals surface area (Å²) in [5.41, 5.74) is 0.338. The van der Waals surface area contributed by atoms with Crippen LogP contribution in [0.25, 0.3) is 0 Å². The number of hydrogen-bond donors (Lipinski definition) is 2. The van der Waals surface area contributed by atoms with Crippen molar-refractivity contribution in [3.63, 3.8) is 0 Å². The molecule has 2 N–H and O–H groups in total. The SMILES string of the molecule is CCNc1cncc(C(=O)NCC(C)(C)SC)n1. The zero-order valence-corrected chi connectivity index (χ0v) is 12.1. The van der Waals surface area contributed by atoms with Gasteiger partial charge in [0, 0.05) is 17.8 Å².